The molecule has 0 saturated heterocycles. The highest BCUT2D eigenvalue weighted by molar-refractivity contribution is 7.10. The summed E-state index contributed by atoms with van der Waals surface area (Å²) in [5, 5.41) is 36.1. The third-order valence-corrected chi connectivity index (χ3v) is 13.5. The molecular formula is C43H22N2S3. The van der Waals surface area contributed by atoms with Crippen LogP contribution >= 0.6 is 34.0 Å². The summed E-state index contributed by atoms with van der Waals surface area (Å²) in [6, 6.07) is 27.0. The Morgan fingerprint density at radius 1 is 0.396 bits per heavy atom. The summed E-state index contributed by atoms with van der Waals surface area (Å²) in [6.45, 7) is 0. The van der Waals surface area contributed by atoms with Crippen LogP contribution in [0.15, 0.2) is 105 Å². The molecule has 2 N–H and O–H groups in total. The fourth-order valence-corrected chi connectivity index (χ4v) is 12.0. The summed E-state index contributed by atoms with van der Waals surface area (Å²) in [5.41, 5.74) is 10.6. The number of H-pyrrole nitrogens is 2. The number of hydrogen-bond donors (Lipinski definition) is 2. The number of thiophene rings is 3. The maximum atomic E-state index is 3.91. The van der Waals surface area contributed by atoms with Crippen LogP contribution in [-0.4, -0.2) is 9.97 Å². The van der Waals surface area contributed by atoms with Crippen LogP contribution in [0, 0.1) is 0 Å². The minimum absolute atomic E-state index is 0.975. The average Bonchev–Trinajstić information content (AvgIpc) is 3.97. The molecular weight excluding hydrogens is 641 g/mol. The Morgan fingerprint density at radius 3 is 1.50 bits per heavy atom. The molecule has 0 amide bonds. The van der Waals surface area contributed by atoms with Crippen molar-refractivity contribution in [1.82, 2.24) is 9.97 Å². The first-order valence-corrected chi connectivity index (χ1v) is 19.2. The Morgan fingerprint density at radius 2 is 0.875 bits per heavy atom. The number of para-hydroxylation sites is 2. The molecule has 222 valence electrons. The lowest BCUT2D eigenvalue weighted by atomic mass is 9.82. The largest absolute Gasteiger partial charge is 0.354 e. The van der Waals surface area contributed by atoms with Gasteiger partial charge in [0.05, 0.1) is 11.0 Å². The summed E-state index contributed by atoms with van der Waals surface area (Å²) >= 11 is 5.48. The minimum Gasteiger partial charge on any atom is -0.354 e. The minimum atomic E-state index is 0.975. The number of hydrogen-bond acceptors (Lipinski definition) is 3. The smallest absolute Gasteiger partial charge is 0.0559 e. The summed E-state index contributed by atoms with van der Waals surface area (Å²) in [4.78, 5) is 7.83. The van der Waals surface area contributed by atoms with Gasteiger partial charge < -0.3 is 9.97 Å². The van der Waals surface area contributed by atoms with Gasteiger partial charge in [0, 0.05) is 97.2 Å². The molecule has 5 aromatic heterocycles. The standard InChI is InChI=1S/C43H22N2S3/c1-2-8-21-20(7-1)13-24-25-14-46-15-26(25)34-39(33(21)24)35-27-16-47-18-29(27)42-38(23-10-4-6-12-32(23)44-42)41(35)36-28-17-48-19-30(28)43-37(40(34)36)22-9-3-5-11-31(22)45-43/h1-12,14-19,44-45H,13H2. The van der Waals surface area contributed by atoms with Crippen molar-refractivity contribution >= 4 is 142 Å². The summed E-state index contributed by atoms with van der Waals surface area (Å²) < 4.78 is 0. The molecule has 0 spiro atoms. The van der Waals surface area contributed by atoms with Gasteiger partial charge in [-0.05, 0) is 73.1 Å². The number of nitrogens with one attached hydrogen (secondary N) is 2. The van der Waals surface area contributed by atoms with E-state index < -0.39 is 0 Å². The van der Waals surface area contributed by atoms with Crippen LogP contribution in [-0.2, 0) is 6.42 Å². The molecule has 5 heterocycles. The lowest BCUT2D eigenvalue weighted by molar-refractivity contribution is 1.29. The van der Waals surface area contributed by atoms with Crippen molar-refractivity contribution in [2.75, 3.05) is 0 Å². The van der Waals surface area contributed by atoms with E-state index >= 15 is 0 Å². The van der Waals surface area contributed by atoms with Gasteiger partial charge in [0.15, 0.2) is 0 Å². The van der Waals surface area contributed by atoms with Gasteiger partial charge in [-0.15, -0.1) is 0 Å². The molecule has 48 heavy (non-hydrogen) atoms. The first-order valence-electron chi connectivity index (χ1n) is 16.3. The molecule has 13 rings (SSSR count). The van der Waals surface area contributed by atoms with Crippen molar-refractivity contribution in [3.63, 3.8) is 0 Å². The molecule has 0 fully saturated rings. The SMILES string of the molecule is c1ccc2c(c1)Cc1c-2c2c(c3cscc13)c1c3c4ccccc4[nH]c3c3cscc3c1c1c3c4ccccc4[nH]c3c3cscc3c21. The van der Waals surface area contributed by atoms with Gasteiger partial charge in [-0.1, -0.05) is 60.7 Å². The molecule has 1 aliphatic rings. The highest BCUT2D eigenvalue weighted by atomic mass is 32.1. The zero-order chi connectivity index (χ0) is 30.8. The maximum absolute atomic E-state index is 3.91. The van der Waals surface area contributed by atoms with E-state index in [0.29, 0.717) is 0 Å². The zero-order valence-electron chi connectivity index (χ0n) is 25.3. The molecule has 12 aromatic rings. The van der Waals surface area contributed by atoms with Gasteiger partial charge in [-0.2, -0.15) is 34.0 Å². The molecule has 0 atom stereocenters. The molecule has 0 saturated carbocycles. The van der Waals surface area contributed by atoms with Crippen LogP contribution in [0.2, 0.25) is 0 Å². The van der Waals surface area contributed by atoms with Gasteiger partial charge in [-0.3, -0.25) is 0 Å². The Bertz CT molecular complexity index is 3330. The monoisotopic (exact) mass is 662 g/mol. The van der Waals surface area contributed by atoms with Gasteiger partial charge in [-0.25, -0.2) is 0 Å². The van der Waals surface area contributed by atoms with E-state index in [2.05, 4.69) is 115 Å². The van der Waals surface area contributed by atoms with Crippen LogP contribution in [0.25, 0.3) is 119 Å². The first kappa shape index (κ1) is 24.9. The molecule has 0 unspecified atom stereocenters. The van der Waals surface area contributed by atoms with E-state index in [4.69, 9.17) is 0 Å². The van der Waals surface area contributed by atoms with E-state index in [1.54, 1.807) is 0 Å². The Kier molecular flexibility index (Phi) is 4.38. The Labute approximate surface area is 284 Å². The summed E-state index contributed by atoms with van der Waals surface area (Å²) in [6.07, 6.45) is 0.975. The topological polar surface area (TPSA) is 31.6 Å². The van der Waals surface area contributed by atoms with Crippen molar-refractivity contribution in [3.8, 4) is 11.1 Å². The number of aromatic amines is 2. The molecule has 7 aromatic carbocycles. The predicted octanol–water partition coefficient (Wildman–Crippen LogP) is 13.6. The van der Waals surface area contributed by atoms with E-state index in [9.17, 15) is 0 Å². The van der Waals surface area contributed by atoms with E-state index in [1.165, 1.54) is 131 Å². The van der Waals surface area contributed by atoms with E-state index in [0.717, 1.165) is 6.42 Å². The highest BCUT2D eigenvalue weighted by Gasteiger charge is 2.31. The van der Waals surface area contributed by atoms with E-state index in [1.807, 2.05) is 34.0 Å². The third-order valence-electron chi connectivity index (χ3n) is 11.3. The van der Waals surface area contributed by atoms with Crippen molar-refractivity contribution < 1.29 is 0 Å². The van der Waals surface area contributed by atoms with Crippen molar-refractivity contribution in [2.45, 2.75) is 6.42 Å². The fraction of sp³-hybridized carbons (Fsp3) is 0.0233. The number of aromatic nitrogens is 2. The molecule has 0 aliphatic heterocycles. The molecule has 0 radical (unpaired) electrons. The second kappa shape index (κ2) is 8.44. The van der Waals surface area contributed by atoms with E-state index in [-0.39, 0.29) is 0 Å². The van der Waals surface area contributed by atoms with Gasteiger partial charge in [0.25, 0.3) is 0 Å². The lowest BCUT2D eigenvalue weighted by Gasteiger charge is -2.20. The zero-order valence-corrected chi connectivity index (χ0v) is 27.8. The number of fused-ring (bicyclic) bond motifs is 27. The molecule has 2 nitrogen and oxygen atoms in total. The number of benzene rings is 7. The second-order valence-corrected chi connectivity index (χ2v) is 15.6. The quantitative estimate of drug-likeness (QED) is 0.151. The molecule has 0 bridgehead atoms. The summed E-state index contributed by atoms with van der Waals surface area (Å²) in [5.74, 6) is 0. The van der Waals surface area contributed by atoms with Crippen LogP contribution in [0.3, 0.4) is 0 Å². The Hall–Kier alpha value is -5.20. The predicted molar refractivity (Wildman–Crippen MR) is 212 cm³/mol. The normalized spacial score (nSPS) is 13.3. The Balaban J connectivity index is 1.52. The third kappa shape index (κ3) is 2.73. The van der Waals surface area contributed by atoms with Crippen LogP contribution < -0.4 is 0 Å². The van der Waals surface area contributed by atoms with Gasteiger partial charge in [0.1, 0.15) is 0 Å². The molecule has 1 aliphatic carbocycles. The van der Waals surface area contributed by atoms with Gasteiger partial charge >= 0.3 is 0 Å². The van der Waals surface area contributed by atoms with Crippen LogP contribution in [0.1, 0.15) is 11.1 Å². The van der Waals surface area contributed by atoms with Crippen LogP contribution in [0.5, 0.6) is 0 Å². The second-order valence-electron chi connectivity index (χ2n) is 13.4. The molecule has 5 heteroatoms. The van der Waals surface area contributed by atoms with Crippen LogP contribution in [0.4, 0.5) is 0 Å². The highest BCUT2D eigenvalue weighted by Crippen LogP contribution is 2.57. The van der Waals surface area contributed by atoms with Crippen molar-refractivity contribution in [1.29, 1.82) is 0 Å². The average molecular weight is 663 g/mol. The van der Waals surface area contributed by atoms with Gasteiger partial charge in [0.2, 0.25) is 0 Å². The summed E-state index contributed by atoms with van der Waals surface area (Å²) in [7, 11) is 0. The lowest BCUT2D eigenvalue weighted by Crippen LogP contribution is -1.92. The van der Waals surface area contributed by atoms with Crippen molar-refractivity contribution in [3.05, 3.63) is 116 Å². The van der Waals surface area contributed by atoms with Crippen molar-refractivity contribution in [2.24, 2.45) is 0 Å². The first-order chi connectivity index (χ1) is 23.8. The number of rotatable bonds is 0. The fourth-order valence-electron chi connectivity index (χ4n) is 9.48. The maximum Gasteiger partial charge on any atom is 0.0559 e.